The van der Waals surface area contributed by atoms with Crippen LogP contribution in [-0.2, 0) is 11.2 Å². The van der Waals surface area contributed by atoms with E-state index in [1.165, 1.54) is 5.56 Å². The summed E-state index contributed by atoms with van der Waals surface area (Å²) in [6.07, 6.45) is 0.466. The molecule has 1 fully saturated rings. The molecular weight excluding hydrogens is 326 g/mol. The quantitative estimate of drug-likeness (QED) is 0.842. The number of nitrogens with zero attached hydrogens (tertiary/aromatic N) is 5. The number of aromatic nitrogens is 2. The Kier molecular flexibility index (Phi) is 5.40. The summed E-state index contributed by atoms with van der Waals surface area (Å²) in [6.45, 7) is 6.97. The summed E-state index contributed by atoms with van der Waals surface area (Å²) in [7, 11) is 3.96. The van der Waals surface area contributed by atoms with Gasteiger partial charge in [-0.25, -0.2) is 4.98 Å². The fourth-order valence-electron chi connectivity index (χ4n) is 3.17. The number of piperazine rings is 1. The summed E-state index contributed by atoms with van der Waals surface area (Å²) >= 11 is 0. The standard InChI is InChI=1S/C20H27N5O/c1-15-6-5-7-17(12-15)14-19(26)24-8-10-25(11-9-24)20-21-16(2)13-18(22-20)23(3)4/h5-7,12-13H,8-11,14H2,1-4H3. The Balaban J connectivity index is 1.61. The molecular formula is C20H27N5O. The van der Waals surface area contributed by atoms with Crippen LogP contribution < -0.4 is 9.80 Å². The molecule has 3 rings (SSSR count). The first-order valence-corrected chi connectivity index (χ1v) is 9.03. The van der Waals surface area contributed by atoms with E-state index in [-0.39, 0.29) is 5.91 Å². The van der Waals surface area contributed by atoms with Gasteiger partial charge in [0.05, 0.1) is 6.42 Å². The maximum Gasteiger partial charge on any atom is 0.227 e. The highest BCUT2D eigenvalue weighted by Crippen LogP contribution is 2.17. The molecule has 0 saturated carbocycles. The van der Waals surface area contributed by atoms with Crippen molar-refractivity contribution < 1.29 is 4.79 Å². The fraction of sp³-hybridized carbons (Fsp3) is 0.450. The zero-order valence-corrected chi connectivity index (χ0v) is 16.1. The third-order valence-electron chi connectivity index (χ3n) is 4.64. The van der Waals surface area contributed by atoms with Crippen molar-refractivity contribution in [3.05, 3.63) is 47.2 Å². The molecule has 1 aliphatic heterocycles. The van der Waals surface area contributed by atoms with Crippen LogP contribution in [0.15, 0.2) is 30.3 Å². The number of amides is 1. The average molecular weight is 353 g/mol. The first-order chi connectivity index (χ1) is 12.4. The van der Waals surface area contributed by atoms with Crippen LogP contribution in [0.2, 0.25) is 0 Å². The molecule has 0 N–H and O–H groups in total. The highest BCUT2D eigenvalue weighted by atomic mass is 16.2. The van der Waals surface area contributed by atoms with Crippen LogP contribution in [-0.4, -0.2) is 61.0 Å². The third-order valence-corrected chi connectivity index (χ3v) is 4.64. The summed E-state index contributed by atoms with van der Waals surface area (Å²) < 4.78 is 0. The minimum absolute atomic E-state index is 0.189. The Morgan fingerprint density at radius 1 is 1.08 bits per heavy atom. The minimum atomic E-state index is 0.189. The van der Waals surface area contributed by atoms with Crippen molar-refractivity contribution in [2.45, 2.75) is 20.3 Å². The lowest BCUT2D eigenvalue weighted by molar-refractivity contribution is -0.130. The Morgan fingerprint density at radius 3 is 2.46 bits per heavy atom. The van der Waals surface area contributed by atoms with Gasteiger partial charge >= 0.3 is 0 Å². The SMILES string of the molecule is Cc1cccc(CC(=O)N2CCN(c3nc(C)cc(N(C)C)n3)CC2)c1. The van der Waals surface area contributed by atoms with Crippen LogP contribution in [0.3, 0.4) is 0 Å². The molecule has 2 heterocycles. The van der Waals surface area contributed by atoms with Gasteiger partial charge in [-0.05, 0) is 19.4 Å². The minimum Gasteiger partial charge on any atom is -0.363 e. The second-order valence-corrected chi connectivity index (χ2v) is 7.10. The first kappa shape index (κ1) is 18.2. The van der Waals surface area contributed by atoms with Crippen molar-refractivity contribution in [2.24, 2.45) is 0 Å². The molecule has 0 aliphatic carbocycles. The van der Waals surface area contributed by atoms with E-state index in [0.717, 1.165) is 36.1 Å². The zero-order valence-electron chi connectivity index (χ0n) is 16.1. The molecule has 0 spiro atoms. The number of hydrogen-bond donors (Lipinski definition) is 0. The molecule has 2 aromatic rings. The highest BCUT2D eigenvalue weighted by Gasteiger charge is 2.23. The molecule has 1 aliphatic rings. The van der Waals surface area contributed by atoms with Gasteiger partial charge in [0.15, 0.2) is 0 Å². The average Bonchev–Trinajstić information content (AvgIpc) is 2.61. The second-order valence-electron chi connectivity index (χ2n) is 7.10. The smallest absolute Gasteiger partial charge is 0.227 e. The van der Waals surface area contributed by atoms with Crippen molar-refractivity contribution in [1.29, 1.82) is 0 Å². The summed E-state index contributed by atoms with van der Waals surface area (Å²) in [5.74, 6) is 1.85. The van der Waals surface area contributed by atoms with Gasteiger partial charge < -0.3 is 14.7 Å². The van der Waals surface area contributed by atoms with Crippen molar-refractivity contribution in [2.75, 3.05) is 50.1 Å². The van der Waals surface area contributed by atoms with Gasteiger partial charge in [-0.3, -0.25) is 4.79 Å². The molecule has 6 heteroatoms. The normalized spacial score (nSPS) is 14.5. The molecule has 138 valence electrons. The van der Waals surface area contributed by atoms with Crippen LogP contribution in [0.4, 0.5) is 11.8 Å². The van der Waals surface area contributed by atoms with Crippen LogP contribution in [0.1, 0.15) is 16.8 Å². The second kappa shape index (κ2) is 7.72. The lowest BCUT2D eigenvalue weighted by Crippen LogP contribution is -2.49. The predicted octanol–water partition coefficient (Wildman–Crippen LogP) is 2.05. The molecule has 26 heavy (non-hydrogen) atoms. The fourth-order valence-corrected chi connectivity index (χ4v) is 3.17. The molecule has 1 aromatic heterocycles. The Bertz CT molecular complexity index is 782. The van der Waals surface area contributed by atoms with E-state index in [4.69, 9.17) is 0 Å². The van der Waals surface area contributed by atoms with Gasteiger partial charge in [-0.2, -0.15) is 4.98 Å². The molecule has 0 radical (unpaired) electrons. The van der Waals surface area contributed by atoms with E-state index in [9.17, 15) is 4.79 Å². The number of hydrogen-bond acceptors (Lipinski definition) is 5. The van der Waals surface area contributed by atoms with Crippen LogP contribution >= 0.6 is 0 Å². The number of rotatable bonds is 4. The third kappa shape index (κ3) is 4.31. The lowest BCUT2D eigenvalue weighted by atomic mass is 10.1. The number of carbonyl (C=O) groups is 1. The van der Waals surface area contributed by atoms with Crippen molar-refractivity contribution >= 4 is 17.7 Å². The molecule has 0 unspecified atom stereocenters. The van der Waals surface area contributed by atoms with Crippen LogP contribution in [0.25, 0.3) is 0 Å². The molecule has 1 saturated heterocycles. The van der Waals surface area contributed by atoms with Gasteiger partial charge in [0.2, 0.25) is 11.9 Å². The zero-order chi connectivity index (χ0) is 18.7. The first-order valence-electron chi connectivity index (χ1n) is 9.03. The topological polar surface area (TPSA) is 52.6 Å². The maximum absolute atomic E-state index is 12.6. The van der Waals surface area contributed by atoms with Gasteiger partial charge in [0.1, 0.15) is 5.82 Å². The van der Waals surface area contributed by atoms with Gasteiger partial charge in [0, 0.05) is 52.0 Å². The van der Waals surface area contributed by atoms with Gasteiger partial charge in [-0.1, -0.05) is 29.8 Å². The van der Waals surface area contributed by atoms with E-state index in [1.54, 1.807) is 0 Å². The van der Waals surface area contributed by atoms with E-state index < -0.39 is 0 Å². The van der Waals surface area contributed by atoms with E-state index in [0.29, 0.717) is 19.5 Å². The number of aryl methyl sites for hydroxylation is 2. The summed E-state index contributed by atoms with van der Waals surface area (Å²) in [5.41, 5.74) is 3.22. The summed E-state index contributed by atoms with van der Waals surface area (Å²) in [5, 5.41) is 0. The van der Waals surface area contributed by atoms with Gasteiger partial charge in [-0.15, -0.1) is 0 Å². The number of anilines is 2. The van der Waals surface area contributed by atoms with Crippen molar-refractivity contribution in [3.8, 4) is 0 Å². The molecule has 6 nitrogen and oxygen atoms in total. The largest absolute Gasteiger partial charge is 0.363 e. The molecule has 1 aromatic carbocycles. The Hall–Kier alpha value is -2.63. The number of benzene rings is 1. The Morgan fingerprint density at radius 2 is 1.81 bits per heavy atom. The number of carbonyl (C=O) groups excluding carboxylic acids is 1. The lowest BCUT2D eigenvalue weighted by Gasteiger charge is -2.35. The van der Waals surface area contributed by atoms with Crippen molar-refractivity contribution in [3.63, 3.8) is 0 Å². The monoisotopic (exact) mass is 353 g/mol. The summed E-state index contributed by atoms with van der Waals surface area (Å²) in [6, 6.07) is 10.1. The maximum atomic E-state index is 12.6. The van der Waals surface area contributed by atoms with E-state index >= 15 is 0 Å². The molecule has 0 atom stereocenters. The van der Waals surface area contributed by atoms with Crippen LogP contribution in [0.5, 0.6) is 0 Å². The van der Waals surface area contributed by atoms with Crippen LogP contribution in [0, 0.1) is 13.8 Å². The van der Waals surface area contributed by atoms with Gasteiger partial charge in [0.25, 0.3) is 0 Å². The predicted molar refractivity (Wildman–Crippen MR) is 105 cm³/mol. The van der Waals surface area contributed by atoms with Crippen molar-refractivity contribution in [1.82, 2.24) is 14.9 Å². The Labute approximate surface area is 155 Å². The summed E-state index contributed by atoms with van der Waals surface area (Å²) in [4.78, 5) is 27.9. The van der Waals surface area contributed by atoms with E-state index in [1.807, 2.05) is 49.0 Å². The van der Waals surface area contributed by atoms with E-state index in [2.05, 4.69) is 33.9 Å². The molecule has 1 amide bonds. The highest BCUT2D eigenvalue weighted by molar-refractivity contribution is 5.79. The molecule has 0 bridgehead atoms.